The third-order valence-corrected chi connectivity index (χ3v) is 4.09. The highest BCUT2D eigenvalue weighted by molar-refractivity contribution is 5.85. The van der Waals surface area contributed by atoms with Gasteiger partial charge in [-0.1, -0.05) is 48.5 Å². The summed E-state index contributed by atoms with van der Waals surface area (Å²) in [5.41, 5.74) is 2.79. The van der Waals surface area contributed by atoms with E-state index in [0.717, 1.165) is 11.3 Å². The van der Waals surface area contributed by atoms with Crippen LogP contribution in [0.1, 0.15) is 0 Å². The average molecular weight is 315 g/mol. The molecule has 0 aliphatic rings. The van der Waals surface area contributed by atoms with E-state index in [4.69, 9.17) is 0 Å². The predicted molar refractivity (Wildman–Crippen MR) is 94.9 cm³/mol. The number of nitrogens with zero attached hydrogens (tertiary/aromatic N) is 1. The van der Waals surface area contributed by atoms with Gasteiger partial charge < -0.3 is 4.57 Å². The Morgan fingerprint density at radius 2 is 1.46 bits per heavy atom. The zero-order valence-electron chi connectivity index (χ0n) is 12.8. The van der Waals surface area contributed by atoms with Gasteiger partial charge in [-0.2, -0.15) is 0 Å². The van der Waals surface area contributed by atoms with Gasteiger partial charge in [0.05, 0.1) is 5.52 Å². The molecule has 0 spiro atoms. The molecule has 0 atom stereocenters. The van der Waals surface area contributed by atoms with Gasteiger partial charge in [-0.15, -0.1) is 0 Å². The number of aromatic nitrogens is 1. The van der Waals surface area contributed by atoms with Crippen LogP contribution >= 0.6 is 0 Å². The number of pyridine rings is 1. The van der Waals surface area contributed by atoms with Crippen LogP contribution in [0.4, 0.5) is 4.39 Å². The van der Waals surface area contributed by atoms with Gasteiger partial charge in [-0.05, 0) is 35.9 Å². The fourth-order valence-corrected chi connectivity index (χ4v) is 2.92. The number of halogens is 1. The van der Waals surface area contributed by atoms with Crippen molar-refractivity contribution in [2.24, 2.45) is 0 Å². The van der Waals surface area contributed by atoms with Gasteiger partial charge >= 0.3 is 0 Å². The second-order valence-electron chi connectivity index (χ2n) is 5.60. The van der Waals surface area contributed by atoms with E-state index < -0.39 is 0 Å². The molecular weight excluding hydrogens is 301 g/mol. The van der Waals surface area contributed by atoms with Crippen LogP contribution in [0.3, 0.4) is 0 Å². The zero-order chi connectivity index (χ0) is 16.5. The van der Waals surface area contributed by atoms with Gasteiger partial charge in [-0.3, -0.25) is 4.79 Å². The van der Waals surface area contributed by atoms with Crippen molar-refractivity contribution in [3.8, 4) is 16.8 Å². The molecule has 0 aliphatic carbocycles. The minimum Gasteiger partial charge on any atom is -0.316 e. The summed E-state index contributed by atoms with van der Waals surface area (Å²) in [5.74, 6) is -0.362. The van der Waals surface area contributed by atoms with Crippen molar-refractivity contribution in [3.05, 3.63) is 101 Å². The van der Waals surface area contributed by atoms with E-state index >= 15 is 0 Å². The Kier molecular flexibility index (Phi) is 3.47. The molecule has 1 aromatic heterocycles. The van der Waals surface area contributed by atoms with Gasteiger partial charge in [0, 0.05) is 22.8 Å². The zero-order valence-corrected chi connectivity index (χ0v) is 12.8. The minimum atomic E-state index is -0.362. The lowest BCUT2D eigenvalue weighted by atomic mass is 10.0. The molecule has 0 N–H and O–H groups in total. The third-order valence-electron chi connectivity index (χ3n) is 4.09. The lowest BCUT2D eigenvalue weighted by Gasteiger charge is -2.14. The summed E-state index contributed by atoms with van der Waals surface area (Å²) < 4.78 is 15.6. The van der Waals surface area contributed by atoms with Gasteiger partial charge in [-0.25, -0.2) is 4.39 Å². The van der Waals surface area contributed by atoms with Crippen molar-refractivity contribution in [2.75, 3.05) is 0 Å². The molecule has 0 radical (unpaired) electrons. The van der Waals surface area contributed by atoms with Gasteiger partial charge in [0.15, 0.2) is 5.43 Å². The number of rotatable bonds is 2. The second-order valence-corrected chi connectivity index (χ2v) is 5.60. The molecule has 4 rings (SSSR count). The summed E-state index contributed by atoms with van der Waals surface area (Å²) >= 11 is 0. The van der Waals surface area contributed by atoms with Crippen LogP contribution in [0.2, 0.25) is 0 Å². The molecule has 0 aliphatic heterocycles. The molecule has 3 aromatic carbocycles. The fraction of sp³-hybridized carbons (Fsp3) is 0. The van der Waals surface area contributed by atoms with Crippen molar-refractivity contribution in [1.82, 2.24) is 4.57 Å². The van der Waals surface area contributed by atoms with E-state index in [1.165, 1.54) is 12.1 Å². The first-order chi connectivity index (χ1) is 11.7. The Bertz CT molecular complexity index is 1070. The summed E-state index contributed by atoms with van der Waals surface area (Å²) in [5, 5.41) is 0.501. The highest BCUT2D eigenvalue weighted by Crippen LogP contribution is 2.23. The monoisotopic (exact) mass is 315 g/mol. The van der Waals surface area contributed by atoms with Crippen molar-refractivity contribution in [3.63, 3.8) is 0 Å². The Balaban J connectivity index is 2.12. The van der Waals surface area contributed by atoms with Crippen LogP contribution in [0.5, 0.6) is 0 Å². The van der Waals surface area contributed by atoms with Crippen LogP contribution in [0.15, 0.2) is 89.9 Å². The Morgan fingerprint density at radius 1 is 0.792 bits per heavy atom. The molecular formula is C21H14FNO. The van der Waals surface area contributed by atoms with E-state index in [2.05, 4.69) is 0 Å². The first-order valence-electron chi connectivity index (χ1n) is 7.70. The summed E-state index contributed by atoms with van der Waals surface area (Å²) in [6, 6.07) is 23.4. The van der Waals surface area contributed by atoms with Crippen molar-refractivity contribution >= 4 is 10.9 Å². The van der Waals surface area contributed by atoms with Crippen LogP contribution in [-0.4, -0.2) is 4.57 Å². The maximum absolute atomic E-state index is 13.8. The molecule has 0 saturated heterocycles. The molecule has 0 amide bonds. The van der Waals surface area contributed by atoms with Crippen molar-refractivity contribution in [1.29, 1.82) is 0 Å². The highest BCUT2D eigenvalue weighted by Gasteiger charge is 2.12. The summed E-state index contributed by atoms with van der Waals surface area (Å²) in [6.45, 7) is 0. The first kappa shape index (κ1) is 14.4. The Hall–Kier alpha value is -3.20. The Labute approximate surface area is 138 Å². The molecule has 24 heavy (non-hydrogen) atoms. The van der Waals surface area contributed by atoms with Gasteiger partial charge in [0.1, 0.15) is 5.82 Å². The average Bonchev–Trinajstić information content (AvgIpc) is 2.63. The molecule has 116 valence electrons. The van der Waals surface area contributed by atoms with Crippen LogP contribution in [0, 0.1) is 5.82 Å². The maximum atomic E-state index is 13.8. The predicted octanol–water partition coefficient (Wildman–Crippen LogP) is 4.80. The lowest BCUT2D eigenvalue weighted by Crippen LogP contribution is -2.11. The molecule has 1 heterocycles. The standard InChI is InChI=1S/C21H14FNO/c22-16-11-12-18-20(13-16)23(17-9-5-2-6-10-17)14-19(21(18)24)15-7-3-1-4-8-15/h1-14H. The van der Waals surface area contributed by atoms with Gasteiger partial charge in [0.2, 0.25) is 0 Å². The molecule has 0 fully saturated rings. The largest absolute Gasteiger partial charge is 0.316 e. The molecule has 0 unspecified atom stereocenters. The lowest BCUT2D eigenvalue weighted by molar-refractivity contribution is 0.629. The summed E-state index contributed by atoms with van der Waals surface area (Å²) in [4.78, 5) is 12.9. The summed E-state index contributed by atoms with van der Waals surface area (Å²) in [6.07, 6.45) is 1.79. The third kappa shape index (κ3) is 2.40. The van der Waals surface area contributed by atoms with E-state index in [1.807, 2.05) is 65.2 Å². The summed E-state index contributed by atoms with van der Waals surface area (Å²) in [7, 11) is 0. The SMILES string of the molecule is O=c1c(-c2ccccc2)cn(-c2ccccc2)c2cc(F)ccc12. The topological polar surface area (TPSA) is 22.0 Å². The van der Waals surface area contributed by atoms with Gasteiger partial charge in [0.25, 0.3) is 0 Å². The van der Waals surface area contributed by atoms with E-state index in [9.17, 15) is 9.18 Å². The van der Waals surface area contributed by atoms with Crippen LogP contribution in [-0.2, 0) is 0 Å². The molecule has 4 aromatic rings. The Morgan fingerprint density at radius 3 is 2.17 bits per heavy atom. The molecule has 2 nitrogen and oxygen atoms in total. The van der Waals surface area contributed by atoms with Crippen LogP contribution < -0.4 is 5.43 Å². The smallest absolute Gasteiger partial charge is 0.197 e. The first-order valence-corrected chi connectivity index (χ1v) is 7.70. The maximum Gasteiger partial charge on any atom is 0.197 e. The minimum absolute atomic E-state index is 0.0941. The fourth-order valence-electron chi connectivity index (χ4n) is 2.92. The number of hydrogen-bond acceptors (Lipinski definition) is 1. The molecule has 0 saturated carbocycles. The van der Waals surface area contributed by atoms with Crippen LogP contribution in [0.25, 0.3) is 27.7 Å². The second kappa shape index (κ2) is 5.78. The molecule has 3 heteroatoms. The van der Waals surface area contributed by atoms with E-state index in [-0.39, 0.29) is 11.2 Å². The van der Waals surface area contributed by atoms with Crippen molar-refractivity contribution < 1.29 is 4.39 Å². The van der Waals surface area contributed by atoms with Crippen molar-refractivity contribution in [2.45, 2.75) is 0 Å². The number of fused-ring (bicyclic) bond motifs is 1. The van der Waals surface area contributed by atoms with E-state index in [1.54, 1.807) is 12.3 Å². The highest BCUT2D eigenvalue weighted by atomic mass is 19.1. The number of hydrogen-bond donors (Lipinski definition) is 0. The normalized spacial score (nSPS) is 10.9. The number of benzene rings is 3. The quantitative estimate of drug-likeness (QED) is 0.521. The van der Waals surface area contributed by atoms with E-state index in [0.29, 0.717) is 16.5 Å². The molecule has 0 bridgehead atoms. The number of para-hydroxylation sites is 1.